The first kappa shape index (κ1) is 21.0. The number of hydrogen-bond acceptors (Lipinski definition) is 4. The number of aryl methyl sites for hydroxylation is 2. The molecule has 0 radical (unpaired) electrons. The Kier molecular flexibility index (Phi) is 6.64. The van der Waals surface area contributed by atoms with Crippen molar-refractivity contribution in [3.05, 3.63) is 53.0 Å². The lowest BCUT2D eigenvalue weighted by molar-refractivity contribution is -0.136. The molecule has 6 nitrogen and oxygen atoms in total. The number of hydrogen-bond donors (Lipinski definition) is 2. The van der Waals surface area contributed by atoms with Crippen molar-refractivity contribution in [1.82, 2.24) is 10.2 Å². The van der Waals surface area contributed by atoms with Gasteiger partial charge < -0.3 is 15.1 Å². The van der Waals surface area contributed by atoms with Crippen molar-refractivity contribution in [2.24, 2.45) is 5.92 Å². The van der Waals surface area contributed by atoms with Crippen LogP contribution in [0.15, 0.2) is 28.7 Å². The molecule has 2 heterocycles. The van der Waals surface area contributed by atoms with E-state index in [0.717, 1.165) is 62.2 Å². The maximum absolute atomic E-state index is 13.6. The molecule has 2 amide bonds. The molecular weight excluding hydrogens is 380 g/mol. The van der Waals surface area contributed by atoms with Gasteiger partial charge in [0.2, 0.25) is 0 Å². The minimum Gasteiger partial charge on any atom is -0.466 e. The molecule has 0 unspecified atom stereocenters. The lowest BCUT2D eigenvalue weighted by Crippen LogP contribution is -2.41. The molecule has 29 heavy (non-hydrogen) atoms. The number of amides is 2. The Morgan fingerprint density at radius 1 is 1.14 bits per heavy atom. The average Bonchev–Trinajstić information content (AvgIpc) is 3.00. The van der Waals surface area contributed by atoms with Crippen LogP contribution >= 0.6 is 0 Å². The zero-order valence-corrected chi connectivity index (χ0v) is 16.6. The molecule has 0 aliphatic carbocycles. The standard InChI is InChI=1S/C21H25F2N3O3/c1-13-9-16(14(2)29-13)12-26-7-5-15(6-8-26)11-24-20(27)21(28)25-19-10-17(22)3-4-18(19)23/h3-4,9-10,15H,5-8,11-12H2,1-2H3,(H,24,27)(H,25,28). The van der Waals surface area contributed by atoms with E-state index in [0.29, 0.717) is 6.54 Å². The van der Waals surface area contributed by atoms with Gasteiger partial charge in [-0.25, -0.2) is 8.78 Å². The van der Waals surface area contributed by atoms with Gasteiger partial charge >= 0.3 is 11.8 Å². The number of piperidine rings is 1. The summed E-state index contributed by atoms with van der Waals surface area (Å²) in [7, 11) is 0. The summed E-state index contributed by atoms with van der Waals surface area (Å²) in [6.45, 7) is 6.89. The van der Waals surface area contributed by atoms with E-state index in [4.69, 9.17) is 4.42 Å². The van der Waals surface area contributed by atoms with Gasteiger partial charge in [0.1, 0.15) is 23.2 Å². The Morgan fingerprint density at radius 3 is 2.52 bits per heavy atom. The molecule has 156 valence electrons. The Labute approximate surface area is 168 Å². The van der Waals surface area contributed by atoms with Gasteiger partial charge in [-0.2, -0.15) is 0 Å². The van der Waals surface area contributed by atoms with Crippen LogP contribution in [0.5, 0.6) is 0 Å². The SMILES string of the molecule is Cc1cc(CN2CCC(CNC(=O)C(=O)Nc3cc(F)ccc3F)CC2)c(C)o1. The van der Waals surface area contributed by atoms with Crippen molar-refractivity contribution in [2.75, 3.05) is 25.0 Å². The monoisotopic (exact) mass is 405 g/mol. The normalized spacial score (nSPS) is 15.3. The van der Waals surface area contributed by atoms with Crippen LogP contribution in [-0.2, 0) is 16.1 Å². The van der Waals surface area contributed by atoms with Crippen LogP contribution in [0, 0.1) is 31.4 Å². The van der Waals surface area contributed by atoms with Crippen molar-refractivity contribution >= 4 is 17.5 Å². The first-order chi connectivity index (χ1) is 13.8. The summed E-state index contributed by atoms with van der Waals surface area (Å²) in [5.41, 5.74) is 0.832. The molecule has 8 heteroatoms. The van der Waals surface area contributed by atoms with Gasteiger partial charge in [-0.3, -0.25) is 14.5 Å². The first-order valence-electron chi connectivity index (χ1n) is 9.64. The van der Waals surface area contributed by atoms with Gasteiger partial charge in [0, 0.05) is 24.7 Å². The van der Waals surface area contributed by atoms with Crippen LogP contribution in [0.1, 0.15) is 29.9 Å². The van der Waals surface area contributed by atoms with Gasteiger partial charge in [-0.1, -0.05) is 0 Å². The van der Waals surface area contributed by atoms with Crippen LogP contribution in [0.2, 0.25) is 0 Å². The molecule has 1 aromatic carbocycles. The van der Waals surface area contributed by atoms with Crippen LogP contribution in [0.3, 0.4) is 0 Å². The van der Waals surface area contributed by atoms with E-state index in [1.807, 2.05) is 13.8 Å². The number of halogens is 2. The number of rotatable bonds is 5. The molecular formula is C21H25F2N3O3. The van der Waals surface area contributed by atoms with Gasteiger partial charge in [-0.05, 0) is 63.9 Å². The van der Waals surface area contributed by atoms with Gasteiger partial charge in [0.25, 0.3) is 0 Å². The van der Waals surface area contributed by atoms with E-state index in [1.165, 1.54) is 5.56 Å². The maximum Gasteiger partial charge on any atom is 0.313 e. The molecule has 3 rings (SSSR count). The number of furan rings is 1. The second-order valence-corrected chi connectivity index (χ2v) is 7.45. The van der Waals surface area contributed by atoms with Crippen LogP contribution in [-0.4, -0.2) is 36.3 Å². The van der Waals surface area contributed by atoms with Crippen molar-refractivity contribution < 1.29 is 22.8 Å². The number of nitrogens with zero attached hydrogens (tertiary/aromatic N) is 1. The Hall–Kier alpha value is -2.74. The molecule has 1 fully saturated rings. The highest BCUT2D eigenvalue weighted by Gasteiger charge is 2.22. The number of benzene rings is 1. The summed E-state index contributed by atoms with van der Waals surface area (Å²) >= 11 is 0. The zero-order chi connectivity index (χ0) is 21.0. The fraction of sp³-hybridized carbons (Fsp3) is 0.429. The topological polar surface area (TPSA) is 74.6 Å². The second-order valence-electron chi connectivity index (χ2n) is 7.45. The number of likely N-dealkylation sites (tertiary alicyclic amines) is 1. The minimum absolute atomic E-state index is 0.265. The van der Waals surface area contributed by atoms with E-state index in [-0.39, 0.29) is 11.6 Å². The van der Waals surface area contributed by atoms with Crippen molar-refractivity contribution in [3.8, 4) is 0 Å². The summed E-state index contributed by atoms with van der Waals surface area (Å²) < 4.78 is 32.3. The summed E-state index contributed by atoms with van der Waals surface area (Å²) in [6.07, 6.45) is 1.80. The van der Waals surface area contributed by atoms with Crippen LogP contribution in [0.25, 0.3) is 0 Å². The summed E-state index contributed by atoms with van der Waals surface area (Å²) in [5.74, 6) is -1.26. The number of carbonyl (C=O) groups excluding carboxylic acids is 2. The summed E-state index contributed by atoms with van der Waals surface area (Å²) in [5, 5.41) is 4.68. The van der Waals surface area contributed by atoms with Crippen LogP contribution in [0.4, 0.5) is 14.5 Å². The molecule has 0 saturated carbocycles. The highest BCUT2D eigenvalue weighted by atomic mass is 19.1. The van der Waals surface area contributed by atoms with E-state index in [1.54, 1.807) is 0 Å². The highest BCUT2D eigenvalue weighted by molar-refractivity contribution is 6.39. The third kappa shape index (κ3) is 5.63. The predicted octanol–water partition coefficient (Wildman–Crippen LogP) is 3.14. The number of carbonyl (C=O) groups is 2. The molecule has 0 spiro atoms. The van der Waals surface area contributed by atoms with Gasteiger partial charge in [0.05, 0.1) is 5.69 Å². The van der Waals surface area contributed by atoms with E-state index in [9.17, 15) is 18.4 Å². The molecule has 1 aliphatic rings. The fourth-order valence-corrected chi connectivity index (χ4v) is 3.52. The average molecular weight is 405 g/mol. The van der Waals surface area contributed by atoms with E-state index in [2.05, 4.69) is 21.6 Å². The molecule has 2 aromatic rings. The zero-order valence-electron chi connectivity index (χ0n) is 16.6. The smallest absolute Gasteiger partial charge is 0.313 e. The van der Waals surface area contributed by atoms with E-state index >= 15 is 0 Å². The van der Waals surface area contributed by atoms with Crippen molar-refractivity contribution in [3.63, 3.8) is 0 Å². The molecule has 1 aliphatic heterocycles. The minimum atomic E-state index is -1.02. The van der Waals surface area contributed by atoms with E-state index < -0.39 is 23.4 Å². The lowest BCUT2D eigenvalue weighted by Gasteiger charge is -2.31. The van der Waals surface area contributed by atoms with Crippen LogP contribution < -0.4 is 10.6 Å². The van der Waals surface area contributed by atoms with Crippen molar-refractivity contribution in [2.45, 2.75) is 33.2 Å². The first-order valence-corrected chi connectivity index (χ1v) is 9.64. The lowest BCUT2D eigenvalue weighted by atomic mass is 9.96. The quantitative estimate of drug-likeness (QED) is 0.750. The molecule has 1 saturated heterocycles. The summed E-state index contributed by atoms with van der Waals surface area (Å²) in [6, 6.07) is 4.72. The molecule has 0 bridgehead atoms. The molecule has 0 atom stereocenters. The Balaban J connectivity index is 1.41. The number of nitrogens with one attached hydrogen (secondary N) is 2. The van der Waals surface area contributed by atoms with Crippen molar-refractivity contribution in [1.29, 1.82) is 0 Å². The second kappa shape index (κ2) is 9.17. The predicted molar refractivity (Wildman–Crippen MR) is 104 cm³/mol. The van der Waals surface area contributed by atoms with Gasteiger partial charge in [0.15, 0.2) is 0 Å². The largest absolute Gasteiger partial charge is 0.466 e. The fourth-order valence-electron chi connectivity index (χ4n) is 3.52. The maximum atomic E-state index is 13.6. The third-order valence-corrected chi connectivity index (χ3v) is 5.18. The summed E-state index contributed by atoms with van der Waals surface area (Å²) in [4.78, 5) is 26.2. The molecule has 1 aromatic heterocycles. The Bertz CT molecular complexity index is 889. The molecule has 2 N–H and O–H groups in total. The Morgan fingerprint density at radius 2 is 1.86 bits per heavy atom. The van der Waals surface area contributed by atoms with Gasteiger partial charge in [-0.15, -0.1) is 0 Å². The third-order valence-electron chi connectivity index (χ3n) is 5.18. The number of anilines is 1. The highest BCUT2D eigenvalue weighted by Crippen LogP contribution is 2.21.